The Balaban J connectivity index is 1.90. The lowest BCUT2D eigenvalue weighted by atomic mass is 10.1. The van der Waals surface area contributed by atoms with Gasteiger partial charge in [-0.15, -0.1) is 11.3 Å². The SMILES string of the molecule is NC(=O)c1cccc(CNCc2ncc(Cl)s2)c1. The number of hydrogen-bond donors (Lipinski definition) is 2. The Labute approximate surface area is 114 Å². The van der Waals surface area contributed by atoms with E-state index in [0.717, 1.165) is 10.6 Å². The van der Waals surface area contributed by atoms with Gasteiger partial charge in [-0.05, 0) is 17.7 Å². The fraction of sp³-hybridized carbons (Fsp3) is 0.167. The summed E-state index contributed by atoms with van der Waals surface area (Å²) in [7, 11) is 0. The lowest BCUT2D eigenvalue weighted by Crippen LogP contribution is -2.14. The van der Waals surface area contributed by atoms with Crippen LogP contribution in [0.1, 0.15) is 20.9 Å². The highest BCUT2D eigenvalue weighted by Crippen LogP contribution is 2.17. The van der Waals surface area contributed by atoms with E-state index in [1.165, 1.54) is 11.3 Å². The van der Waals surface area contributed by atoms with Crippen molar-refractivity contribution >= 4 is 28.8 Å². The van der Waals surface area contributed by atoms with E-state index in [2.05, 4.69) is 10.3 Å². The van der Waals surface area contributed by atoms with Crippen molar-refractivity contribution < 1.29 is 4.79 Å². The molecule has 2 rings (SSSR count). The van der Waals surface area contributed by atoms with Crippen LogP contribution in [0.15, 0.2) is 30.5 Å². The fourth-order valence-electron chi connectivity index (χ4n) is 1.52. The predicted octanol–water partition coefficient (Wildman–Crippen LogP) is 2.19. The highest BCUT2D eigenvalue weighted by Gasteiger charge is 2.02. The van der Waals surface area contributed by atoms with Crippen LogP contribution in [-0.2, 0) is 13.1 Å². The van der Waals surface area contributed by atoms with E-state index >= 15 is 0 Å². The second-order valence-electron chi connectivity index (χ2n) is 3.73. The molecule has 0 fully saturated rings. The zero-order chi connectivity index (χ0) is 13.0. The third-order valence-electron chi connectivity index (χ3n) is 2.34. The minimum absolute atomic E-state index is 0.413. The van der Waals surface area contributed by atoms with Gasteiger partial charge in [-0.1, -0.05) is 23.7 Å². The number of carbonyl (C=O) groups is 1. The Morgan fingerprint density at radius 2 is 2.28 bits per heavy atom. The molecule has 0 radical (unpaired) electrons. The van der Waals surface area contributed by atoms with Crippen molar-refractivity contribution in [2.45, 2.75) is 13.1 Å². The van der Waals surface area contributed by atoms with Gasteiger partial charge in [0.25, 0.3) is 0 Å². The molecule has 0 saturated heterocycles. The molecule has 4 nitrogen and oxygen atoms in total. The van der Waals surface area contributed by atoms with Crippen molar-refractivity contribution in [2.24, 2.45) is 5.73 Å². The van der Waals surface area contributed by atoms with E-state index in [1.54, 1.807) is 18.3 Å². The van der Waals surface area contributed by atoms with Gasteiger partial charge in [0.05, 0.1) is 6.20 Å². The summed E-state index contributed by atoms with van der Waals surface area (Å²) in [5.74, 6) is -0.413. The second-order valence-corrected chi connectivity index (χ2v) is 5.47. The van der Waals surface area contributed by atoms with Crippen molar-refractivity contribution in [2.75, 3.05) is 0 Å². The third kappa shape index (κ3) is 3.53. The molecule has 18 heavy (non-hydrogen) atoms. The number of amides is 1. The number of thiazole rings is 1. The molecule has 0 spiro atoms. The molecule has 0 bridgehead atoms. The first kappa shape index (κ1) is 13.0. The molecule has 0 aliphatic heterocycles. The Bertz CT molecular complexity index is 556. The van der Waals surface area contributed by atoms with Crippen LogP contribution in [0.25, 0.3) is 0 Å². The predicted molar refractivity (Wildman–Crippen MR) is 72.6 cm³/mol. The highest BCUT2D eigenvalue weighted by atomic mass is 35.5. The van der Waals surface area contributed by atoms with E-state index in [-0.39, 0.29) is 0 Å². The Morgan fingerprint density at radius 1 is 1.44 bits per heavy atom. The average Bonchev–Trinajstić information content (AvgIpc) is 2.75. The van der Waals surface area contributed by atoms with Crippen molar-refractivity contribution in [1.29, 1.82) is 0 Å². The summed E-state index contributed by atoms with van der Waals surface area (Å²) in [6.07, 6.45) is 1.64. The monoisotopic (exact) mass is 281 g/mol. The van der Waals surface area contributed by atoms with Crippen LogP contribution in [0.5, 0.6) is 0 Å². The van der Waals surface area contributed by atoms with Crippen LogP contribution in [0.4, 0.5) is 0 Å². The Morgan fingerprint density at radius 3 is 2.94 bits per heavy atom. The van der Waals surface area contributed by atoms with Crippen molar-refractivity contribution in [3.8, 4) is 0 Å². The van der Waals surface area contributed by atoms with E-state index in [0.29, 0.717) is 23.0 Å². The van der Waals surface area contributed by atoms with E-state index < -0.39 is 5.91 Å². The van der Waals surface area contributed by atoms with Crippen LogP contribution in [0.2, 0.25) is 4.34 Å². The van der Waals surface area contributed by atoms with Gasteiger partial charge in [0.15, 0.2) is 0 Å². The van der Waals surface area contributed by atoms with Crippen LogP contribution < -0.4 is 11.1 Å². The molecule has 94 valence electrons. The lowest BCUT2D eigenvalue weighted by Gasteiger charge is -2.04. The maximum Gasteiger partial charge on any atom is 0.248 e. The summed E-state index contributed by atoms with van der Waals surface area (Å²) in [5, 5.41) is 4.17. The number of hydrogen-bond acceptors (Lipinski definition) is 4. The first-order chi connectivity index (χ1) is 8.65. The quantitative estimate of drug-likeness (QED) is 0.883. The number of halogens is 1. The summed E-state index contributed by atoms with van der Waals surface area (Å²) in [5.41, 5.74) is 6.75. The number of nitrogens with zero attached hydrogens (tertiary/aromatic N) is 1. The van der Waals surface area contributed by atoms with E-state index in [1.807, 2.05) is 12.1 Å². The van der Waals surface area contributed by atoms with Gasteiger partial charge >= 0.3 is 0 Å². The maximum absolute atomic E-state index is 11.0. The molecular formula is C12H12ClN3OS. The van der Waals surface area contributed by atoms with E-state index in [4.69, 9.17) is 17.3 Å². The second kappa shape index (κ2) is 5.95. The zero-order valence-corrected chi connectivity index (χ0v) is 11.1. The number of rotatable bonds is 5. The van der Waals surface area contributed by atoms with Gasteiger partial charge in [0.1, 0.15) is 9.34 Å². The molecule has 2 aromatic rings. The molecule has 6 heteroatoms. The van der Waals surface area contributed by atoms with Crippen molar-refractivity contribution in [3.63, 3.8) is 0 Å². The van der Waals surface area contributed by atoms with Crippen LogP contribution in [0.3, 0.4) is 0 Å². The number of benzene rings is 1. The maximum atomic E-state index is 11.0. The van der Waals surface area contributed by atoms with Gasteiger partial charge in [-0.2, -0.15) is 0 Å². The third-order valence-corrected chi connectivity index (χ3v) is 3.46. The van der Waals surface area contributed by atoms with Crippen molar-refractivity contribution in [3.05, 3.63) is 50.9 Å². The standard InChI is InChI=1S/C12H12ClN3OS/c13-10-6-16-11(18-10)7-15-5-8-2-1-3-9(4-8)12(14)17/h1-4,6,15H,5,7H2,(H2,14,17). The Hall–Kier alpha value is -1.43. The molecule has 0 atom stereocenters. The first-order valence-corrected chi connectivity index (χ1v) is 6.54. The van der Waals surface area contributed by atoms with Gasteiger partial charge in [0, 0.05) is 18.7 Å². The minimum atomic E-state index is -0.413. The topological polar surface area (TPSA) is 68.0 Å². The molecule has 0 aliphatic carbocycles. The first-order valence-electron chi connectivity index (χ1n) is 5.35. The van der Waals surface area contributed by atoms with Crippen LogP contribution >= 0.6 is 22.9 Å². The summed E-state index contributed by atoms with van der Waals surface area (Å²) in [6, 6.07) is 7.24. The van der Waals surface area contributed by atoms with Crippen LogP contribution in [-0.4, -0.2) is 10.9 Å². The molecule has 0 saturated carbocycles. The molecule has 0 unspecified atom stereocenters. The number of nitrogens with one attached hydrogen (secondary N) is 1. The fourth-order valence-corrected chi connectivity index (χ4v) is 2.44. The van der Waals surface area contributed by atoms with Crippen LogP contribution in [0, 0.1) is 0 Å². The molecular weight excluding hydrogens is 270 g/mol. The molecule has 1 heterocycles. The normalized spacial score (nSPS) is 10.5. The number of carbonyl (C=O) groups excluding carboxylic acids is 1. The average molecular weight is 282 g/mol. The number of aromatic nitrogens is 1. The smallest absolute Gasteiger partial charge is 0.248 e. The van der Waals surface area contributed by atoms with Gasteiger partial charge in [0.2, 0.25) is 5.91 Å². The molecule has 0 aliphatic rings. The number of nitrogens with two attached hydrogens (primary N) is 1. The van der Waals surface area contributed by atoms with Gasteiger partial charge in [-0.3, -0.25) is 4.79 Å². The molecule has 1 aromatic heterocycles. The minimum Gasteiger partial charge on any atom is -0.366 e. The molecule has 1 aromatic carbocycles. The zero-order valence-electron chi connectivity index (χ0n) is 9.52. The largest absolute Gasteiger partial charge is 0.366 e. The molecule has 3 N–H and O–H groups in total. The molecule has 1 amide bonds. The van der Waals surface area contributed by atoms with Gasteiger partial charge in [-0.25, -0.2) is 4.98 Å². The summed E-state index contributed by atoms with van der Waals surface area (Å²) < 4.78 is 0.683. The summed E-state index contributed by atoms with van der Waals surface area (Å²) >= 11 is 7.24. The Kier molecular flexibility index (Phi) is 4.30. The number of primary amides is 1. The lowest BCUT2D eigenvalue weighted by molar-refractivity contribution is 0.1000. The van der Waals surface area contributed by atoms with Gasteiger partial charge < -0.3 is 11.1 Å². The summed E-state index contributed by atoms with van der Waals surface area (Å²) in [6.45, 7) is 1.30. The van der Waals surface area contributed by atoms with E-state index in [9.17, 15) is 4.79 Å². The van der Waals surface area contributed by atoms with Crippen molar-refractivity contribution in [1.82, 2.24) is 10.3 Å². The summed E-state index contributed by atoms with van der Waals surface area (Å²) in [4.78, 5) is 15.2. The highest BCUT2D eigenvalue weighted by molar-refractivity contribution is 7.15.